The molecule has 0 unspecified atom stereocenters. The highest BCUT2D eigenvalue weighted by atomic mass is 79.9. The summed E-state index contributed by atoms with van der Waals surface area (Å²) < 4.78 is 21.8. The van der Waals surface area contributed by atoms with Gasteiger partial charge in [-0.1, -0.05) is 12.1 Å². The van der Waals surface area contributed by atoms with Crippen molar-refractivity contribution in [2.75, 3.05) is 28.4 Å². The molecule has 0 heterocycles. The molecule has 0 atom stereocenters. The van der Waals surface area contributed by atoms with E-state index in [0.29, 0.717) is 0 Å². The molecular weight excluding hydrogens is 523 g/mol. The molecule has 0 saturated carbocycles. The van der Waals surface area contributed by atoms with E-state index < -0.39 is 7.26 Å². The summed E-state index contributed by atoms with van der Waals surface area (Å²) in [5.41, 5.74) is 1.25. The third kappa shape index (κ3) is 5.63. The minimum atomic E-state index is -2.10. The minimum absolute atomic E-state index is 0. The quantitative estimate of drug-likeness (QED) is 0.298. The predicted octanol–water partition coefficient (Wildman–Crippen LogP) is 2.22. The fourth-order valence-electron chi connectivity index (χ4n) is 4.24. The lowest BCUT2D eigenvalue weighted by atomic mass is 10.2. The van der Waals surface area contributed by atoms with E-state index in [0.717, 1.165) is 29.2 Å². The Morgan fingerprint density at radius 2 is 0.686 bits per heavy atom. The van der Waals surface area contributed by atoms with E-state index in [9.17, 15) is 0 Å². The van der Waals surface area contributed by atoms with Crippen LogP contribution in [0.2, 0.25) is 0 Å². The molecule has 35 heavy (non-hydrogen) atoms. The van der Waals surface area contributed by atoms with Gasteiger partial charge in [0, 0.05) is 0 Å². The monoisotopic (exact) mass is 552 g/mol. The van der Waals surface area contributed by atoms with E-state index in [4.69, 9.17) is 18.9 Å². The van der Waals surface area contributed by atoms with Crippen LogP contribution in [-0.2, 0) is 6.16 Å². The van der Waals surface area contributed by atoms with Gasteiger partial charge in [0.15, 0.2) is 0 Å². The summed E-state index contributed by atoms with van der Waals surface area (Å²) in [7, 11) is 4.68. The SMILES string of the molecule is COc1ccc(C[P+](c2ccc(OC)cc2)(c2ccc(OC)cc2)c2ccc(OC)cc2)cc1.[Br-]. The Morgan fingerprint density at radius 3 is 0.943 bits per heavy atom. The topological polar surface area (TPSA) is 36.9 Å². The third-order valence-electron chi connectivity index (χ3n) is 6.12. The number of halogens is 1. The Hall–Kier alpha value is -3.01. The average Bonchev–Trinajstić information content (AvgIpc) is 2.92. The maximum Gasteiger partial charge on any atom is 0.119 e. The standard InChI is InChI=1S/C29H30O4P.BrH/c1-30-23-7-5-22(6-8-23)21-34(27-15-9-24(31-2)10-16-27,28-17-11-25(32-3)12-18-28)29-19-13-26(33-4)14-20-29;/h5-20H,21H2,1-4H3;1H/q+1;/p-1. The first-order valence-electron chi connectivity index (χ1n) is 11.1. The molecule has 0 aliphatic rings. The first-order chi connectivity index (χ1) is 16.6. The Balaban J connectivity index is 0.00000342. The highest BCUT2D eigenvalue weighted by Gasteiger charge is 2.45. The Morgan fingerprint density at radius 1 is 0.429 bits per heavy atom. The van der Waals surface area contributed by atoms with Gasteiger partial charge in [0.2, 0.25) is 0 Å². The molecule has 4 nitrogen and oxygen atoms in total. The van der Waals surface area contributed by atoms with E-state index in [2.05, 4.69) is 48.5 Å². The van der Waals surface area contributed by atoms with Gasteiger partial charge >= 0.3 is 0 Å². The van der Waals surface area contributed by atoms with Crippen molar-refractivity contribution in [2.45, 2.75) is 6.16 Å². The van der Waals surface area contributed by atoms with Crippen LogP contribution in [0.5, 0.6) is 23.0 Å². The van der Waals surface area contributed by atoms with Crippen molar-refractivity contribution in [3.05, 3.63) is 103 Å². The minimum Gasteiger partial charge on any atom is -1.00 e. The van der Waals surface area contributed by atoms with Gasteiger partial charge in [-0.2, -0.15) is 0 Å². The fourth-order valence-corrected chi connectivity index (χ4v) is 8.41. The second-order valence-corrected chi connectivity index (χ2v) is 11.4. The van der Waals surface area contributed by atoms with Gasteiger partial charge in [-0.15, -0.1) is 0 Å². The molecular formula is C29H30BrO4P. The Labute approximate surface area is 218 Å². The summed E-state index contributed by atoms with van der Waals surface area (Å²) in [6, 6.07) is 33.8. The van der Waals surface area contributed by atoms with Gasteiger partial charge in [-0.25, -0.2) is 0 Å². The number of hydrogen-bond acceptors (Lipinski definition) is 4. The van der Waals surface area contributed by atoms with E-state index >= 15 is 0 Å². The molecule has 4 rings (SSSR count). The largest absolute Gasteiger partial charge is 1.00 e. The molecule has 0 radical (unpaired) electrons. The van der Waals surface area contributed by atoms with Crippen LogP contribution in [-0.4, -0.2) is 28.4 Å². The molecule has 0 spiro atoms. The van der Waals surface area contributed by atoms with Crippen molar-refractivity contribution in [3.8, 4) is 23.0 Å². The van der Waals surface area contributed by atoms with E-state index in [-0.39, 0.29) is 17.0 Å². The van der Waals surface area contributed by atoms with Crippen LogP contribution < -0.4 is 51.8 Å². The summed E-state index contributed by atoms with van der Waals surface area (Å²) in [5.74, 6) is 3.38. The molecule has 0 aliphatic heterocycles. The number of ether oxygens (including phenoxy) is 4. The van der Waals surface area contributed by atoms with Gasteiger partial charge in [-0.05, 0) is 90.5 Å². The molecule has 0 fully saturated rings. The number of rotatable bonds is 9. The highest BCUT2D eigenvalue weighted by Crippen LogP contribution is 2.58. The van der Waals surface area contributed by atoms with E-state index in [1.807, 2.05) is 48.5 Å². The molecule has 0 aromatic heterocycles. The normalized spacial score (nSPS) is 10.7. The molecule has 0 N–H and O–H groups in total. The zero-order chi connectivity index (χ0) is 24.0. The smallest absolute Gasteiger partial charge is 0.119 e. The molecule has 182 valence electrons. The molecule has 0 aliphatic carbocycles. The Kier molecular flexibility index (Phi) is 9.20. The Bertz CT molecular complexity index is 1080. The summed E-state index contributed by atoms with van der Waals surface area (Å²) in [4.78, 5) is 0. The van der Waals surface area contributed by atoms with Crippen LogP contribution in [0.25, 0.3) is 0 Å². The average molecular weight is 553 g/mol. The van der Waals surface area contributed by atoms with Crippen LogP contribution >= 0.6 is 7.26 Å². The fraction of sp³-hybridized carbons (Fsp3) is 0.172. The molecule has 0 saturated heterocycles. The maximum atomic E-state index is 5.46. The molecule has 0 bridgehead atoms. The number of hydrogen-bond donors (Lipinski definition) is 0. The summed E-state index contributed by atoms with van der Waals surface area (Å²) in [6.45, 7) is 0. The molecule has 6 heteroatoms. The van der Waals surface area contributed by atoms with Crippen LogP contribution in [0.4, 0.5) is 0 Å². The van der Waals surface area contributed by atoms with Crippen LogP contribution in [0.3, 0.4) is 0 Å². The summed E-state index contributed by atoms with van der Waals surface area (Å²) in [6.07, 6.45) is 0.863. The van der Waals surface area contributed by atoms with Gasteiger partial charge in [-0.3, -0.25) is 0 Å². The van der Waals surface area contributed by atoms with Gasteiger partial charge in [0.05, 0.1) is 34.6 Å². The lowest BCUT2D eigenvalue weighted by Gasteiger charge is -2.28. The van der Waals surface area contributed by atoms with E-state index in [1.165, 1.54) is 21.5 Å². The van der Waals surface area contributed by atoms with Crippen LogP contribution in [0, 0.1) is 0 Å². The van der Waals surface area contributed by atoms with Crippen molar-refractivity contribution in [2.24, 2.45) is 0 Å². The lowest BCUT2D eigenvalue weighted by Crippen LogP contribution is -3.00. The molecule has 0 amide bonds. The number of methoxy groups -OCH3 is 4. The van der Waals surface area contributed by atoms with Crippen LogP contribution in [0.1, 0.15) is 5.56 Å². The molecule has 4 aromatic carbocycles. The van der Waals surface area contributed by atoms with Crippen molar-refractivity contribution >= 4 is 23.2 Å². The second kappa shape index (κ2) is 12.1. The van der Waals surface area contributed by atoms with Gasteiger partial charge in [0.1, 0.15) is 46.2 Å². The first kappa shape index (κ1) is 26.6. The number of benzene rings is 4. The lowest BCUT2D eigenvalue weighted by molar-refractivity contribution is -0.00000800. The van der Waals surface area contributed by atoms with Crippen molar-refractivity contribution in [3.63, 3.8) is 0 Å². The molecule has 4 aromatic rings. The van der Waals surface area contributed by atoms with Gasteiger partial charge < -0.3 is 35.9 Å². The zero-order valence-corrected chi connectivity index (χ0v) is 22.9. The summed E-state index contributed by atoms with van der Waals surface area (Å²) >= 11 is 0. The van der Waals surface area contributed by atoms with Crippen molar-refractivity contribution in [1.82, 2.24) is 0 Å². The summed E-state index contributed by atoms with van der Waals surface area (Å²) in [5, 5.41) is 3.83. The maximum absolute atomic E-state index is 5.46. The third-order valence-corrected chi connectivity index (χ3v) is 10.5. The van der Waals surface area contributed by atoms with E-state index in [1.54, 1.807) is 28.4 Å². The van der Waals surface area contributed by atoms with Crippen LogP contribution in [0.15, 0.2) is 97.1 Å². The van der Waals surface area contributed by atoms with Gasteiger partial charge in [0.25, 0.3) is 0 Å². The second-order valence-electron chi connectivity index (χ2n) is 7.91. The predicted molar refractivity (Wildman–Crippen MR) is 142 cm³/mol. The highest BCUT2D eigenvalue weighted by molar-refractivity contribution is 7.95. The van der Waals surface area contributed by atoms with Crippen molar-refractivity contribution in [1.29, 1.82) is 0 Å². The van der Waals surface area contributed by atoms with Crippen molar-refractivity contribution < 1.29 is 35.9 Å². The first-order valence-corrected chi connectivity index (χ1v) is 13.0. The zero-order valence-electron chi connectivity index (χ0n) is 20.4.